The molecule has 0 saturated carbocycles. The zero-order valence-electron chi connectivity index (χ0n) is 13.6. The van der Waals surface area contributed by atoms with Crippen LogP contribution in [0, 0.1) is 6.92 Å². The van der Waals surface area contributed by atoms with Crippen LogP contribution in [0.2, 0.25) is 0 Å². The number of aryl methyl sites for hydroxylation is 1. The summed E-state index contributed by atoms with van der Waals surface area (Å²) in [5.74, 6) is 0. The van der Waals surface area contributed by atoms with Gasteiger partial charge in [0.05, 0.1) is 0 Å². The van der Waals surface area contributed by atoms with Crippen molar-refractivity contribution in [3.8, 4) is 0 Å². The Morgan fingerprint density at radius 3 is 2.45 bits per heavy atom. The highest BCUT2D eigenvalue weighted by molar-refractivity contribution is 5.21. The van der Waals surface area contributed by atoms with Crippen molar-refractivity contribution in [2.24, 2.45) is 0 Å². The Morgan fingerprint density at radius 2 is 1.85 bits per heavy atom. The predicted molar refractivity (Wildman–Crippen MR) is 87.0 cm³/mol. The van der Waals surface area contributed by atoms with Crippen LogP contribution in [0.4, 0.5) is 0 Å². The third-order valence-electron chi connectivity index (χ3n) is 5.05. The molecule has 1 saturated heterocycles. The van der Waals surface area contributed by atoms with Gasteiger partial charge >= 0.3 is 0 Å². The van der Waals surface area contributed by atoms with E-state index in [4.69, 9.17) is 0 Å². The number of rotatable bonds is 4. The number of nitrogens with zero attached hydrogens (tertiary/aromatic N) is 1. The van der Waals surface area contributed by atoms with Gasteiger partial charge in [0.25, 0.3) is 0 Å². The molecular weight excluding hydrogens is 244 g/mol. The molecule has 2 heteroatoms. The molecule has 1 N–H and O–H groups in total. The molecule has 20 heavy (non-hydrogen) atoms. The molecule has 0 spiro atoms. The highest BCUT2D eigenvalue weighted by atomic mass is 15.2. The van der Waals surface area contributed by atoms with Crippen molar-refractivity contribution in [2.45, 2.75) is 65.1 Å². The molecule has 0 aromatic heterocycles. The van der Waals surface area contributed by atoms with E-state index >= 15 is 0 Å². The molecule has 112 valence electrons. The molecule has 0 aliphatic carbocycles. The molecule has 2 nitrogen and oxygen atoms in total. The molecule has 1 heterocycles. The van der Waals surface area contributed by atoms with Crippen LogP contribution in [0.15, 0.2) is 24.3 Å². The summed E-state index contributed by atoms with van der Waals surface area (Å²) in [7, 11) is 0. The van der Waals surface area contributed by atoms with Crippen LogP contribution in [-0.4, -0.2) is 29.6 Å². The number of hydrogen-bond donors (Lipinski definition) is 1. The summed E-state index contributed by atoms with van der Waals surface area (Å²) < 4.78 is 0. The van der Waals surface area contributed by atoms with Crippen LogP contribution < -0.4 is 5.32 Å². The second-order valence-corrected chi connectivity index (χ2v) is 6.44. The summed E-state index contributed by atoms with van der Waals surface area (Å²) in [4.78, 5) is 2.66. The minimum absolute atomic E-state index is 0.301. The lowest BCUT2D eigenvalue weighted by Crippen LogP contribution is -2.51. The maximum absolute atomic E-state index is 3.81. The van der Waals surface area contributed by atoms with Gasteiger partial charge in [0.15, 0.2) is 0 Å². The maximum atomic E-state index is 3.81. The molecule has 1 fully saturated rings. The van der Waals surface area contributed by atoms with E-state index in [-0.39, 0.29) is 0 Å². The lowest BCUT2D eigenvalue weighted by Gasteiger charge is -2.37. The fourth-order valence-corrected chi connectivity index (χ4v) is 3.19. The first-order chi connectivity index (χ1) is 9.58. The van der Waals surface area contributed by atoms with Crippen LogP contribution >= 0.6 is 0 Å². The van der Waals surface area contributed by atoms with Crippen molar-refractivity contribution in [3.05, 3.63) is 35.4 Å². The first-order valence-corrected chi connectivity index (χ1v) is 8.13. The molecule has 1 atom stereocenters. The zero-order valence-corrected chi connectivity index (χ0v) is 13.6. The Hall–Kier alpha value is -0.860. The highest BCUT2D eigenvalue weighted by Crippen LogP contribution is 2.24. The van der Waals surface area contributed by atoms with Crippen molar-refractivity contribution in [2.75, 3.05) is 13.1 Å². The van der Waals surface area contributed by atoms with Crippen molar-refractivity contribution < 1.29 is 0 Å². The van der Waals surface area contributed by atoms with E-state index in [0.29, 0.717) is 11.6 Å². The van der Waals surface area contributed by atoms with Crippen molar-refractivity contribution in [1.82, 2.24) is 10.2 Å². The zero-order chi connectivity index (χ0) is 14.6. The van der Waals surface area contributed by atoms with Gasteiger partial charge in [-0.25, -0.2) is 0 Å². The molecular formula is C18H30N2. The smallest absolute Gasteiger partial charge is 0.0303 e. The van der Waals surface area contributed by atoms with Crippen LogP contribution in [0.3, 0.4) is 0 Å². The van der Waals surface area contributed by atoms with E-state index in [0.717, 1.165) is 19.6 Å². The van der Waals surface area contributed by atoms with Gasteiger partial charge in [-0.05, 0) is 45.2 Å². The lowest BCUT2D eigenvalue weighted by atomic mass is 9.92. The van der Waals surface area contributed by atoms with Crippen LogP contribution in [0.1, 0.15) is 51.2 Å². The normalized spacial score (nSPS) is 23.5. The Balaban J connectivity index is 2.12. The minimum Gasteiger partial charge on any atom is -0.310 e. The molecule has 1 aromatic rings. The fraction of sp³-hybridized carbons (Fsp3) is 0.667. The largest absolute Gasteiger partial charge is 0.310 e. The van der Waals surface area contributed by atoms with E-state index in [1.54, 1.807) is 0 Å². The molecule has 2 rings (SSSR count). The van der Waals surface area contributed by atoms with E-state index in [1.165, 1.54) is 30.4 Å². The topological polar surface area (TPSA) is 15.3 Å². The molecule has 0 bridgehead atoms. The average Bonchev–Trinajstić information content (AvgIpc) is 2.62. The first kappa shape index (κ1) is 15.5. The summed E-state index contributed by atoms with van der Waals surface area (Å²) in [5.41, 5.74) is 3.08. The molecule has 1 aliphatic rings. The number of hydrogen-bond acceptors (Lipinski definition) is 2. The van der Waals surface area contributed by atoms with Crippen molar-refractivity contribution in [1.29, 1.82) is 0 Å². The lowest BCUT2D eigenvalue weighted by molar-refractivity contribution is 0.152. The Bertz CT molecular complexity index is 406. The van der Waals surface area contributed by atoms with Crippen LogP contribution in [0.5, 0.6) is 0 Å². The standard InChI is InChI=1S/C18H30N2/c1-5-18(6-2)14-20(16(4)11-12-19-18)13-17-9-7-15(3)8-10-17/h7-10,16,19H,5-6,11-14H2,1-4H3. The van der Waals surface area contributed by atoms with E-state index in [1.807, 2.05) is 0 Å². The highest BCUT2D eigenvalue weighted by Gasteiger charge is 2.32. The first-order valence-electron chi connectivity index (χ1n) is 8.13. The predicted octanol–water partition coefficient (Wildman–Crippen LogP) is 3.74. The molecule has 1 unspecified atom stereocenters. The van der Waals surface area contributed by atoms with E-state index < -0.39 is 0 Å². The molecule has 1 aliphatic heterocycles. The van der Waals surface area contributed by atoms with Crippen LogP contribution in [-0.2, 0) is 6.54 Å². The van der Waals surface area contributed by atoms with Gasteiger partial charge in [0, 0.05) is 24.7 Å². The summed E-state index contributed by atoms with van der Waals surface area (Å²) in [6, 6.07) is 9.66. The fourth-order valence-electron chi connectivity index (χ4n) is 3.19. The summed E-state index contributed by atoms with van der Waals surface area (Å²) in [5, 5.41) is 3.81. The SMILES string of the molecule is CCC1(CC)CN(Cc2ccc(C)cc2)C(C)CCN1. The minimum atomic E-state index is 0.301. The van der Waals surface area contributed by atoms with Crippen molar-refractivity contribution in [3.63, 3.8) is 0 Å². The van der Waals surface area contributed by atoms with Gasteiger partial charge in [-0.15, -0.1) is 0 Å². The quantitative estimate of drug-likeness (QED) is 0.900. The van der Waals surface area contributed by atoms with Gasteiger partial charge in [-0.1, -0.05) is 43.7 Å². The summed E-state index contributed by atoms with van der Waals surface area (Å²) in [6.07, 6.45) is 3.66. The molecule has 1 aromatic carbocycles. The van der Waals surface area contributed by atoms with Crippen LogP contribution in [0.25, 0.3) is 0 Å². The maximum Gasteiger partial charge on any atom is 0.0303 e. The number of nitrogens with one attached hydrogen (secondary N) is 1. The van der Waals surface area contributed by atoms with Gasteiger partial charge in [0.2, 0.25) is 0 Å². The second-order valence-electron chi connectivity index (χ2n) is 6.44. The Morgan fingerprint density at radius 1 is 1.20 bits per heavy atom. The second kappa shape index (κ2) is 6.73. The summed E-state index contributed by atoms with van der Waals surface area (Å²) >= 11 is 0. The third-order valence-corrected chi connectivity index (χ3v) is 5.05. The van der Waals surface area contributed by atoms with Gasteiger partial charge < -0.3 is 5.32 Å². The van der Waals surface area contributed by atoms with Gasteiger partial charge in [-0.3, -0.25) is 4.90 Å². The van der Waals surface area contributed by atoms with Gasteiger partial charge in [-0.2, -0.15) is 0 Å². The monoisotopic (exact) mass is 274 g/mol. The van der Waals surface area contributed by atoms with E-state index in [2.05, 4.69) is 62.2 Å². The number of benzene rings is 1. The van der Waals surface area contributed by atoms with E-state index in [9.17, 15) is 0 Å². The third kappa shape index (κ3) is 3.62. The van der Waals surface area contributed by atoms with Crippen molar-refractivity contribution >= 4 is 0 Å². The Kier molecular flexibility index (Phi) is 5.22. The average molecular weight is 274 g/mol. The Labute approximate surface area is 124 Å². The molecule has 0 amide bonds. The van der Waals surface area contributed by atoms with Gasteiger partial charge in [0.1, 0.15) is 0 Å². The summed E-state index contributed by atoms with van der Waals surface area (Å²) in [6.45, 7) is 12.5. The molecule has 0 radical (unpaired) electrons.